The molecule has 1 amide bonds. The Morgan fingerprint density at radius 2 is 1.95 bits per heavy atom. The molecule has 2 saturated heterocycles. The summed E-state index contributed by atoms with van der Waals surface area (Å²) in [5, 5.41) is 3.93. The Morgan fingerprint density at radius 3 is 2.66 bits per heavy atom. The number of benzene rings is 2. The number of amides is 1. The number of anilines is 1. The van der Waals surface area contributed by atoms with Crippen molar-refractivity contribution in [1.82, 2.24) is 19.8 Å². The topological polar surface area (TPSA) is 79.7 Å². The van der Waals surface area contributed by atoms with Gasteiger partial charge in [0.25, 0.3) is 5.56 Å². The highest BCUT2D eigenvalue weighted by Crippen LogP contribution is 2.29. The number of ether oxygens (including phenoxy) is 1. The molecule has 0 spiro atoms. The summed E-state index contributed by atoms with van der Waals surface area (Å²) in [5.74, 6) is 0.191. The number of aromatic nitrogens is 2. The molecule has 9 heteroatoms. The van der Waals surface area contributed by atoms with Crippen molar-refractivity contribution < 1.29 is 9.53 Å². The summed E-state index contributed by atoms with van der Waals surface area (Å²) in [5.41, 5.74) is 2.32. The number of hydrogen-bond donors (Lipinski definition) is 1. The van der Waals surface area contributed by atoms with E-state index in [4.69, 9.17) is 21.3 Å². The number of carbonyl (C=O) groups excluding carboxylic acids is 1. The van der Waals surface area contributed by atoms with Crippen molar-refractivity contribution in [2.45, 2.75) is 39.8 Å². The Morgan fingerprint density at radius 1 is 1.13 bits per heavy atom. The van der Waals surface area contributed by atoms with Gasteiger partial charge in [-0.05, 0) is 57.1 Å². The molecule has 0 radical (unpaired) electrons. The van der Waals surface area contributed by atoms with Crippen molar-refractivity contribution in [2.24, 2.45) is 5.41 Å². The lowest BCUT2D eigenvalue weighted by atomic mass is 9.88. The van der Waals surface area contributed by atoms with Gasteiger partial charge in [0, 0.05) is 53.9 Å². The lowest BCUT2D eigenvalue weighted by molar-refractivity contribution is -0.122. The van der Waals surface area contributed by atoms with Crippen molar-refractivity contribution in [3.8, 4) is 11.4 Å². The molecule has 5 rings (SSSR count). The zero-order valence-electron chi connectivity index (χ0n) is 22.4. The summed E-state index contributed by atoms with van der Waals surface area (Å²) in [6, 6.07) is 13.1. The molecule has 0 bridgehead atoms. The number of nitrogens with one attached hydrogen (secondary N) is 1. The van der Waals surface area contributed by atoms with Crippen LogP contribution in [0.2, 0.25) is 5.02 Å². The molecular formula is C29H36ClN5O3. The van der Waals surface area contributed by atoms with Crippen LogP contribution in [0.3, 0.4) is 0 Å². The number of fused-ring (bicyclic) bond motifs is 1. The molecule has 2 aromatic carbocycles. The highest BCUT2D eigenvalue weighted by Gasteiger charge is 2.35. The minimum atomic E-state index is -0.236. The first kappa shape index (κ1) is 26.7. The van der Waals surface area contributed by atoms with Crippen LogP contribution in [0.15, 0.2) is 47.3 Å². The second kappa shape index (κ2) is 11.0. The fourth-order valence-electron chi connectivity index (χ4n) is 5.38. The van der Waals surface area contributed by atoms with E-state index >= 15 is 0 Å². The lowest BCUT2D eigenvalue weighted by Crippen LogP contribution is -2.49. The van der Waals surface area contributed by atoms with Gasteiger partial charge in [-0.25, -0.2) is 4.98 Å². The minimum Gasteiger partial charge on any atom is -0.380 e. The van der Waals surface area contributed by atoms with E-state index in [1.165, 1.54) is 4.57 Å². The van der Waals surface area contributed by atoms with Crippen LogP contribution in [0.1, 0.15) is 27.2 Å². The standard InChI is InChI=1S/C29H36ClN5O3/c1-20(2)31-26(36)16-35-27(21-6-4-7-22(30)14-21)32-25-9-8-23(15-24(25)28(35)37)34-11-5-10-33(12-13-34)17-29(3)18-38-19-29/h4,6-9,14-15,20H,5,10-13,16-19H2,1-3H3,(H,31,36). The van der Waals surface area contributed by atoms with Crippen molar-refractivity contribution in [3.05, 3.63) is 57.8 Å². The van der Waals surface area contributed by atoms with Gasteiger partial charge in [-0.15, -0.1) is 0 Å². The molecule has 3 aromatic rings. The number of halogens is 1. The molecule has 202 valence electrons. The lowest BCUT2D eigenvalue weighted by Gasteiger charge is -2.41. The molecule has 2 fully saturated rings. The van der Waals surface area contributed by atoms with E-state index in [0.717, 1.165) is 58.0 Å². The molecule has 1 aromatic heterocycles. The highest BCUT2D eigenvalue weighted by molar-refractivity contribution is 6.30. The summed E-state index contributed by atoms with van der Waals surface area (Å²) in [7, 11) is 0. The van der Waals surface area contributed by atoms with Crippen LogP contribution in [-0.2, 0) is 16.1 Å². The summed E-state index contributed by atoms with van der Waals surface area (Å²) >= 11 is 6.25. The van der Waals surface area contributed by atoms with Gasteiger partial charge < -0.3 is 19.9 Å². The van der Waals surface area contributed by atoms with Gasteiger partial charge in [0.2, 0.25) is 5.91 Å². The molecule has 0 saturated carbocycles. The largest absolute Gasteiger partial charge is 0.380 e. The first-order chi connectivity index (χ1) is 18.2. The van der Waals surface area contributed by atoms with Crippen molar-refractivity contribution in [3.63, 3.8) is 0 Å². The van der Waals surface area contributed by atoms with E-state index in [2.05, 4.69) is 22.0 Å². The maximum Gasteiger partial charge on any atom is 0.262 e. The van der Waals surface area contributed by atoms with Crippen LogP contribution in [0.25, 0.3) is 22.3 Å². The SMILES string of the molecule is CC(C)NC(=O)Cn1c(-c2cccc(Cl)c2)nc2ccc(N3CCCN(CC4(C)COC4)CC3)cc2c1=O. The van der Waals surface area contributed by atoms with Gasteiger partial charge in [0.05, 0.1) is 24.1 Å². The van der Waals surface area contributed by atoms with Crippen molar-refractivity contribution in [2.75, 3.05) is 50.8 Å². The van der Waals surface area contributed by atoms with Gasteiger partial charge in [-0.2, -0.15) is 0 Å². The third-order valence-electron chi connectivity index (χ3n) is 7.23. The molecule has 38 heavy (non-hydrogen) atoms. The van der Waals surface area contributed by atoms with Gasteiger partial charge in [-0.3, -0.25) is 14.2 Å². The molecule has 0 aliphatic carbocycles. The van der Waals surface area contributed by atoms with Crippen LogP contribution < -0.4 is 15.8 Å². The molecular weight excluding hydrogens is 502 g/mol. The van der Waals surface area contributed by atoms with Crippen molar-refractivity contribution in [1.29, 1.82) is 0 Å². The third-order valence-corrected chi connectivity index (χ3v) is 7.47. The van der Waals surface area contributed by atoms with Crippen molar-refractivity contribution >= 4 is 34.1 Å². The number of carbonyl (C=O) groups is 1. The maximum absolute atomic E-state index is 13.9. The molecule has 0 unspecified atom stereocenters. The Hall–Kier alpha value is -2.94. The van der Waals surface area contributed by atoms with E-state index in [-0.39, 0.29) is 29.5 Å². The second-order valence-electron chi connectivity index (χ2n) is 11.2. The highest BCUT2D eigenvalue weighted by atomic mass is 35.5. The quantitative estimate of drug-likeness (QED) is 0.494. The van der Waals surface area contributed by atoms with Crippen LogP contribution in [0.4, 0.5) is 5.69 Å². The number of nitrogens with zero attached hydrogens (tertiary/aromatic N) is 4. The predicted octanol–water partition coefficient (Wildman–Crippen LogP) is 3.79. The molecule has 2 aliphatic heterocycles. The first-order valence-electron chi connectivity index (χ1n) is 13.4. The second-order valence-corrected chi connectivity index (χ2v) is 11.6. The van der Waals surface area contributed by atoms with E-state index in [9.17, 15) is 9.59 Å². The predicted molar refractivity (Wildman–Crippen MR) is 152 cm³/mol. The zero-order valence-corrected chi connectivity index (χ0v) is 23.1. The third kappa shape index (κ3) is 5.87. The van der Waals surface area contributed by atoms with Crippen LogP contribution in [0.5, 0.6) is 0 Å². The molecule has 1 N–H and O–H groups in total. The number of rotatable bonds is 7. The normalized spacial score (nSPS) is 17.9. The Bertz CT molecular complexity index is 1380. The van der Waals surface area contributed by atoms with Crippen LogP contribution in [0, 0.1) is 5.41 Å². The van der Waals surface area contributed by atoms with E-state index < -0.39 is 0 Å². The van der Waals surface area contributed by atoms with E-state index in [0.29, 0.717) is 27.3 Å². The monoisotopic (exact) mass is 537 g/mol. The molecule has 2 aliphatic rings. The Balaban J connectivity index is 1.47. The smallest absolute Gasteiger partial charge is 0.262 e. The summed E-state index contributed by atoms with van der Waals surface area (Å²) < 4.78 is 6.90. The Labute approximate surface area is 228 Å². The number of hydrogen-bond acceptors (Lipinski definition) is 6. The van der Waals surface area contributed by atoms with Crippen LogP contribution in [-0.4, -0.2) is 72.3 Å². The molecule has 0 atom stereocenters. The summed E-state index contributed by atoms with van der Waals surface area (Å²) in [6.07, 6.45) is 1.06. The van der Waals surface area contributed by atoms with Gasteiger partial charge in [-0.1, -0.05) is 30.7 Å². The zero-order chi connectivity index (χ0) is 26.9. The minimum absolute atomic E-state index is 0.0325. The molecule has 3 heterocycles. The van der Waals surface area contributed by atoms with Gasteiger partial charge in [0.15, 0.2) is 0 Å². The van der Waals surface area contributed by atoms with Gasteiger partial charge >= 0.3 is 0 Å². The van der Waals surface area contributed by atoms with E-state index in [1.54, 1.807) is 12.1 Å². The molecule has 8 nitrogen and oxygen atoms in total. The summed E-state index contributed by atoms with van der Waals surface area (Å²) in [4.78, 5) is 36.3. The average molecular weight is 538 g/mol. The average Bonchev–Trinajstić information content (AvgIpc) is 3.09. The van der Waals surface area contributed by atoms with E-state index in [1.807, 2.05) is 44.2 Å². The fourth-order valence-corrected chi connectivity index (χ4v) is 5.57. The van der Waals surface area contributed by atoms with Gasteiger partial charge in [0.1, 0.15) is 12.4 Å². The van der Waals surface area contributed by atoms with Crippen LogP contribution >= 0.6 is 11.6 Å². The summed E-state index contributed by atoms with van der Waals surface area (Å²) in [6.45, 7) is 12.5. The maximum atomic E-state index is 13.9. The first-order valence-corrected chi connectivity index (χ1v) is 13.7. The Kier molecular flexibility index (Phi) is 7.75. The fraction of sp³-hybridized carbons (Fsp3) is 0.483.